The SMILES string of the molecule is CCCCOc1nc(N(C)c2cccc(CCC)c2)ncc1C(F)(F)F. The largest absolute Gasteiger partial charge is 0.477 e. The van der Waals surface area contributed by atoms with Crippen LogP contribution >= 0.6 is 0 Å². The number of hydrogen-bond donors (Lipinski definition) is 0. The van der Waals surface area contributed by atoms with Crippen molar-refractivity contribution >= 4 is 11.6 Å². The average molecular weight is 367 g/mol. The number of ether oxygens (including phenoxy) is 1. The van der Waals surface area contributed by atoms with Crippen LogP contribution in [-0.2, 0) is 12.6 Å². The van der Waals surface area contributed by atoms with Crippen LogP contribution in [0, 0.1) is 0 Å². The van der Waals surface area contributed by atoms with E-state index in [9.17, 15) is 13.2 Å². The van der Waals surface area contributed by atoms with E-state index in [0.29, 0.717) is 6.42 Å². The molecule has 0 saturated heterocycles. The molecule has 0 aliphatic carbocycles. The van der Waals surface area contributed by atoms with Crippen molar-refractivity contribution in [2.24, 2.45) is 0 Å². The first kappa shape index (κ1) is 20.0. The van der Waals surface area contributed by atoms with Gasteiger partial charge >= 0.3 is 6.18 Å². The highest BCUT2D eigenvalue weighted by atomic mass is 19.4. The molecule has 0 saturated carbocycles. The third kappa shape index (κ3) is 5.09. The van der Waals surface area contributed by atoms with Gasteiger partial charge in [-0.1, -0.05) is 38.8 Å². The number of benzene rings is 1. The van der Waals surface area contributed by atoms with Crippen LogP contribution in [0.15, 0.2) is 30.5 Å². The summed E-state index contributed by atoms with van der Waals surface area (Å²) in [6, 6.07) is 7.80. The molecule has 0 amide bonds. The summed E-state index contributed by atoms with van der Waals surface area (Å²) in [5.74, 6) is -0.259. The lowest BCUT2D eigenvalue weighted by atomic mass is 10.1. The molecule has 0 N–H and O–H groups in total. The molecular weight excluding hydrogens is 343 g/mol. The van der Waals surface area contributed by atoms with Crippen molar-refractivity contribution < 1.29 is 17.9 Å². The molecule has 0 unspecified atom stereocenters. The Balaban J connectivity index is 2.33. The molecule has 0 spiro atoms. The van der Waals surface area contributed by atoms with Crippen molar-refractivity contribution in [3.05, 3.63) is 41.6 Å². The molecular formula is C19H24F3N3O. The Labute approximate surface area is 152 Å². The monoisotopic (exact) mass is 367 g/mol. The number of alkyl halides is 3. The van der Waals surface area contributed by atoms with E-state index < -0.39 is 17.6 Å². The highest BCUT2D eigenvalue weighted by Crippen LogP contribution is 2.36. The summed E-state index contributed by atoms with van der Waals surface area (Å²) in [4.78, 5) is 9.60. The molecule has 0 aliphatic rings. The summed E-state index contributed by atoms with van der Waals surface area (Å²) in [6.07, 6.45) is -0.342. The molecule has 4 nitrogen and oxygen atoms in total. The van der Waals surface area contributed by atoms with E-state index in [-0.39, 0.29) is 12.6 Å². The van der Waals surface area contributed by atoms with Crippen molar-refractivity contribution in [3.63, 3.8) is 0 Å². The first-order valence-electron chi connectivity index (χ1n) is 8.76. The van der Waals surface area contributed by atoms with Gasteiger partial charge in [0.2, 0.25) is 11.8 Å². The zero-order valence-corrected chi connectivity index (χ0v) is 15.3. The molecule has 1 heterocycles. The molecule has 0 atom stereocenters. The summed E-state index contributed by atoms with van der Waals surface area (Å²) >= 11 is 0. The second-order valence-electron chi connectivity index (χ2n) is 6.07. The highest BCUT2D eigenvalue weighted by Gasteiger charge is 2.36. The number of nitrogens with zero attached hydrogens (tertiary/aromatic N) is 3. The van der Waals surface area contributed by atoms with E-state index in [1.807, 2.05) is 31.2 Å². The van der Waals surface area contributed by atoms with Gasteiger partial charge in [-0.15, -0.1) is 0 Å². The molecule has 0 radical (unpaired) electrons. The van der Waals surface area contributed by atoms with Gasteiger partial charge in [0, 0.05) is 18.9 Å². The number of unbranched alkanes of at least 4 members (excludes halogenated alkanes) is 1. The summed E-state index contributed by atoms with van der Waals surface area (Å²) in [7, 11) is 1.73. The molecule has 7 heteroatoms. The lowest BCUT2D eigenvalue weighted by Crippen LogP contribution is -2.17. The fourth-order valence-electron chi connectivity index (χ4n) is 2.46. The highest BCUT2D eigenvalue weighted by molar-refractivity contribution is 5.58. The molecule has 2 aromatic rings. The Morgan fingerprint density at radius 2 is 1.92 bits per heavy atom. The van der Waals surface area contributed by atoms with E-state index in [2.05, 4.69) is 16.9 Å². The average Bonchev–Trinajstić information content (AvgIpc) is 2.61. The van der Waals surface area contributed by atoms with Gasteiger partial charge in [0.15, 0.2) is 0 Å². The minimum absolute atomic E-state index is 0.165. The third-order valence-electron chi connectivity index (χ3n) is 3.92. The van der Waals surface area contributed by atoms with E-state index in [0.717, 1.165) is 36.7 Å². The number of anilines is 2. The molecule has 0 fully saturated rings. The van der Waals surface area contributed by atoms with Gasteiger partial charge in [0.25, 0.3) is 0 Å². The smallest absolute Gasteiger partial charge is 0.423 e. The first-order chi connectivity index (χ1) is 12.4. The first-order valence-corrected chi connectivity index (χ1v) is 8.76. The maximum absolute atomic E-state index is 13.2. The van der Waals surface area contributed by atoms with Crippen LogP contribution in [-0.4, -0.2) is 23.6 Å². The van der Waals surface area contributed by atoms with Crippen LogP contribution in [0.2, 0.25) is 0 Å². The number of hydrogen-bond acceptors (Lipinski definition) is 4. The van der Waals surface area contributed by atoms with E-state index in [1.54, 1.807) is 11.9 Å². The molecule has 26 heavy (non-hydrogen) atoms. The summed E-state index contributed by atoms with van der Waals surface area (Å²) < 4.78 is 44.8. The Morgan fingerprint density at radius 1 is 1.15 bits per heavy atom. The minimum Gasteiger partial charge on any atom is -0.477 e. The quantitative estimate of drug-likeness (QED) is 0.586. The lowest BCUT2D eigenvalue weighted by molar-refractivity contribution is -0.139. The summed E-state index contributed by atoms with van der Waals surface area (Å²) in [5, 5.41) is 0. The normalized spacial score (nSPS) is 11.5. The molecule has 142 valence electrons. The van der Waals surface area contributed by atoms with Gasteiger partial charge in [0.05, 0.1) is 6.61 Å². The van der Waals surface area contributed by atoms with Gasteiger partial charge in [-0.2, -0.15) is 18.2 Å². The Morgan fingerprint density at radius 3 is 2.58 bits per heavy atom. The topological polar surface area (TPSA) is 38.2 Å². The number of aryl methyl sites for hydroxylation is 1. The third-order valence-corrected chi connectivity index (χ3v) is 3.92. The Hall–Kier alpha value is -2.31. The molecule has 1 aromatic heterocycles. The van der Waals surface area contributed by atoms with Gasteiger partial charge in [-0.3, -0.25) is 0 Å². The van der Waals surface area contributed by atoms with Crippen LogP contribution in [0.1, 0.15) is 44.2 Å². The zero-order chi connectivity index (χ0) is 19.2. The molecule has 0 bridgehead atoms. The van der Waals surface area contributed by atoms with Crippen LogP contribution in [0.3, 0.4) is 0 Å². The lowest BCUT2D eigenvalue weighted by Gasteiger charge is -2.20. The van der Waals surface area contributed by atoms with Gasteiger partial charge in [-0.25, -0.2) is 4.98 Å². The predicted molar refractivity (Wildman–Crippen MR) is 95.9 cm³/mol. The van der Waals surface area contributed by atoms with E-state index in [4.69, 9.17) is 4.74 Å². The number of aromatic nitrogens is 2. The van der Waals surface area contributed by atoms with E-state index >= 15 is 0 Å². The minimum atomic E-state index is -4.56. The van der Waals surface area contributed by atoms with Crippen molar-refractivity contribution in [2.45, 2.75) is 45.7 Å². The molecule has 2 rings (SSSR count). The van der Waals surface area contributed by atoms with Crippen molar-refractivity contribution in [2.75, 3.05) is 18.6 Å². The van der Waals surface area contributed by atoms with Crippen LogP contribution in [0.25, 0.3) is 0 Å². The number of rotatable bonds is 8. The van der Waals surface area contributed by atoms with Crippen molar-refractivity contribution in [1.29, 1.82) is 0 Å². The summed E-state index contributed by atoms with van der Waals surface area (Å²) in [5.41, 5.74) is 1.02. The van der Waals surface area contributed by atoms with Gasteiger partial charge in [0.1, 0.15) is 5.56 Å². The number of halogens is 3. The van der Waals surface area contributed by atoms with Crippen LogP contribution in [0.4, 0.5) is 24.8 Å². The van der Waals surface area contributed by atoms with Gasteiger partial charge < -0.3 is 9.64 Å². The maximum atomic E-state index is 13.2. The summed E-state index contributed by atoms with van der Waals surface area (Å²) in [6.45, 7) is 4.22. The fraction of sp³-hybridized carbons (Fsp3) is 0.474. The predicted octanol–water partition coefficient (Wildman–Crippen LogP) is 5.39. The maximum Gasteiger partial charge on any atom is 0.423 e. The second kappa shape index (κ2) is 8.87. The standard InChI is InChI=1S/C19H24F3N3O/c1-4-6-11-26-17-16(19(20,21)22)13-23-18(24-17)25(3)15-10-7-9-14(12-15)8-5-2/h7,9-10,12-13H,4-6,8,11H2,1-3H3. The Kier molecular flexibility index (Phi) is 6.83. The van der Waals surface area contributed by atoms with Crippen LogP contribution in [0.5, 0.6) is 5.88 Å². The van der Waals surface area contributed by atoms with Crippen LogP contribution < -0.4 is 9.64 Å². The fourth-order valence-corrected chi connectivity index (χ4v) is 2.46. The van der Waals surface area contributed by atoms with Crippen molar-refractivity contribution in [1.82, 2.24) is 9.97 Å². The molecule has 0 aliphatic heterocycles. The van der Waals surface area contributed by atoms with Crippen molar-refractivity contribution in [3.8, 4) is 5.88 Å². The van der Waals surface area contributed by atoms with Gasteiger partial charge in [-0.05, 0) is 30.5 Å². The van der Waals surface area contributed by atoms with E-state index in [1.165, 1.54) is 0 Å². The Bertz CT molecular complexity index is 719. The zero-order valence-electron chi connectivity index (χ0n) is 15.3. The molecule has 1 aromatic carbocycles. The second-order valence-corrected chi connectivity index (χ2v) is 6.07.